The summed E-state index contributed by atoms with van der Waals surface area (Å²) in [7, 11) is 0. The minimum atomic E-state index is -0.550. The lowest BCUT2D eigenvalue weighted by Gasteiger charge is -2.38. The molecular formula is C15H16BrFN2O2. The van der Waals surface area contributed by atoms with Crippen LogP contribution in [0, 0.1) is 11.7 Å². The van der Waals surface area contributed by atoms with Crippen LogP contribution in [-0.2, 0) is 16.1 Å². The molecule has 6 heteroatoms. The molecule has 2 aliphatic rings. The molecule has 1 saturated heterocycles. The van der Waals surface area contributed by atoms with Gasteiger partial charge in [0.05, 0.1) is 0 Å². The molecule has 2 amide bonds. The van der Waals surface area contributed by atoms with Gasteiger partial charge >= 0.3 is 0 Å². The molecule has 1 heterocycles. The lowest BCUT2D eigenvalue weighted by atomic mass is 10.0. The molecule has 1 aliphatic heterocycles. The van der Waals surface area contributed by atoms with E-state index in [0.29, 0.717) is 10.0 Å². The van der Waals surface area contributed by atoms with Crippen LogP contribution in [0.2, 0.25) is 0 Å². The van der Waals surface area contributed by atoms with Crippen molar-refractivity contribution >= 4 is 27.7 Å². The lowest BCUT2D eigenvalue weighted by Crippen LogP contribution is -2.62. The second-order valence-corrected chi connectivity index (χ2v) is 6.63. The van der Waals surface area contributed by atoms with Crippen molar-refractivity contribution in [2.24, 2.45) is 5.92 Å². The van der Waals surface area contributed by atoms with Crippen molar-refractivity contribution in [1.82, 2.24) is 10.2 Å². The van der Waals surface area contributed by atoms with Crippen molar-refractivity contribution < 1.29 is 14.0 Å². The van der Waals surface area contributed by atoms with Gasteiger partial charge in [0.25, 0.3) is 0 Å². The van der Waals surface area contributed by atoms with E-state index in [1.165, 1.54) is 11.0 Å². The van der Waals surface area contributed by atoms with E-state index in [9.17, 15) is 14.0 Å². The average molecular weight is 355 g/mol. The van der Waals surface area contributed by atoms with Gasteiger partial charge in [0.1, 0.15) is 17.9 Å². The Kier molecular flexibility index (Phi) is 3.73. The molecule has 0 bridgehead atoms. The molecule has 1 N–H and O–H groups in total. The second kappa shape index (κ2) is 5.40. The number of piperazine rings is 1. The minimum absolute atomic E-state index is 0.123. The summed E-state index contributed by atoms with van der Waals surface area (Å²) < 4.78 is 14.7. The first-order valence-corrected chi connectivity index (χ1v) is 7.81. The second-order valence-electron chi connectivity index (χ2n) is 5.71. The Bertz CT molecular complexity index is 603. The van der Waals surface area contributed by atoms with E-state index in [2.05, 4.69) is 21.2 Å². The van der Waals surface area contributed by atoms with Crippen LogP contribution in [0.1, 0.15) is 25.3 Å². The zero-order valence-electron chi connectivity index (χ0n) is 11.6. The Morgan fingerprint density at radius 3 is 2.71 bits per heavy atom. The zero-order valence-corrected chi connectivity index (χ0v) is 13.2. The zero-order chi connectivity index (χ0) is 15.1. The number of hydrogen-bond acceptors (Lipinski definition) is 2. The molecule has 3 rings (SSSR count). The number of benzene rings is 1. The molecular weight excluding hydrogens is 339 g/mol. The number of hydrogen-bond donors (Lipinski definition) is 1. The van der Waals surface area contributed by atoms with Crippen molar-refractivity contribution in [2.75, 3.05) is 0 Å². The smallest absolute Gasteiger partial charge is 0.245 e. The highest BCUT2D eigenvalue weighted by atomic mass is 79.9. The Morgan fingerprint density at radius 2 is 2.10 bits per heavy atom. The van der Waals surface area contributed by atoms with Gasteiger partial charge in [0.15, 0.2) is 0 Å². The minimum Gasteiger partial charge on any atom is -0.343 e. The van der Waals surface area contributed by atoms with Crippen LogP contribution in [0.4, 0.5) is 4.39 Å². The molecule has 1 aliphatic carbocycles. The molecule has 2 fully saturated rings. The average Bonchev–Trinajstić information content (AvgIpc) is 3.23. The molecule has 0 radical (unpaired) electrons. The fourth-order valence-electron chi connectivity index (χ4n) is 2.78. The number of nitrogens with zero attached hydrogens (tertiary/aromatic N) is 1. The third-order valence-electron chi connectivity index (χ3n) is 4.04. The van der Waals surface area contributed by atoms with Gasteiger partial charge < -0.3 is 10.2 Å². The maximum absolute atomic E-state index is 14.0. The van der Waals surface area contributed by atoms with Crippen LogP contribution in [0.3, 0.4) is 0 Å². The highest BCUT2D eigenvalue weighted by molar-refractivity contribution is 9.10. The number of nitrogens with one attached hydrogen (secondary N) is 1. The summed E-state index contributed by atoms with van der Waals surface area (Å²) in [6, 6.07) is 3.75. The van der Waals surface area contributed by atoms with Gasteiger partial charge in [-0.25, -0.2) is 4.39 Å². The van der Waals surface area contributed by atoms with Gasteiger partial charge in [-0.2, -0.15) is 0 Å². The number of halogens is 2. The first kappa shape index (κ1) is 14.5. The molecule has 21 heavy (non-hydrogen) atoms. The first-order valence-electron chi connectivity index (χ1n) is 7.02. The molecule has 4 nitrogen and oxygen atoms in total. The molecule has 1 aromatic rings. The van der Waals surface area contributed by atoms with E-state index in [1.54, 1.807) is 19.1 Å². The van der Waals surface area contributed by atoms with Gasteiger partial charge in [-0.1, -0.05) is 22.0 Å². The number of carbonyl (C=O) groups excluding carboxylic acids is 2. The normalized spacial score (nSPS) is 26.0. The van der Waals surface area contributed by atoms with Gasteiger partial charge in [0.2, 0.25) is 11.8 Å². The monoisotopic (exact) mass is 354 g/mol. The van der Waals surface area contributed by atoms with E-state index in [0.717, 1.165) is 12.8 Å². The molecule has 0 spiro atoms. The van der Waals surface area contributed by atoms with E-state index in [-0.39, 0.29) is 30.1 Å². The van der Waals surface area contributed by atoms with Crippen LogP contribution in [0.15, 0.2) is 22.7 Å². The fraction of sp³-hybridized carbons (Fsp3) is 0.467. The predicted octanol–water partition coefficient (Wildman–Crippen LogP) is 2.21. The molecule has 2 unspecified atom stereocenters. The van der Waals surface area contributed by atoms with E-state index in [4.69, 9.17) is 0 Å². The maximum atomic E-state index is 14.0. The highest BCUT2D eigenvalue weighted by Crippen LogP contribution is 2.37. The van der Waals surface area contributed by atoms with E-state index < -0.39 is 12.1 Å². The quantitative estimate of drug-likeness (QED) is 0.904. The number of carbonyl (C=O) groups is 2. The summed E-state index contributed by atoms with van der Waals surface area (Å²) in [6.07, 6.45) is 1.89. The standard InChI is InChI=1S/C15H16BrFN2O2/c1-8-15(21)19(13(9-2-3-9)14(20)18-8)7-10-4-5-11(16)6-12(10)17/h4-6,8-9,13H,2-3,7H2,1H3,(H,18,20). The van der Waals surface area contributed by atoms with Crippen molar-refractivity contribution in [1.29, 1.82) is 0 Å². The van der Waals surface area contributed by atoms with Gasteiger partial charge in [-0.3, -0.25) is 9.59 Å². The van der Waals surface area contributed by atoms with E-state index in [1.807, 2.05) is 0 Å². The highest BCUT2D eigenvalue weighted by Gasteiger charge is 2.46. The predicted molar refractivity (Wildman–Crippen MR) is 78.8 cm³/mol. The summed E-state index contributed by atoms with van der Waals surface area (Å²) >= 11 is 3.21. The molecule has 1 aromatic carbocycles. The van der Waals surface area contributed by atoms with Crippen molar-refractivity contribution in [3.63, 3.8) is 0 Å². The Morgan fingerprint density at radius 1 is 1.38 bits per heavy atom. The van der Waals surface area contributed by atoms with Gasteiger partial charge in [0, 0.05) is 16.6 Å². The summed E-state index contributed by atoms with van der Waals surface area (Å²) in [5, 5.41) is 2.71. The van der Waals surface area contributed by atoms with Crippen LogP contribution >= 0.6 is 15.9 Å². The Balaban J connectivity index is 1.88. The fourth-order valence-corrected chi connectivity index (χ4v) is 3.11. The van der Waals surface area contributed by atoms with Gasteiger partial charge in [-0.05, 0) is 37.8 Å². The van der Waals surface area contributed by atoms with Crippen molar-refractivity contribution in [3.8, 4) is 0 Å². The van der Waals surface area contributed by atoms with Crippen LogP contribution < -0.4 is 5.32 Å². The molecule has 1 saturated carbocycles. The molecule has 2 atom stereocenters. The Labute approximate surface area is 130 Å². The summed E-state index contributed by atoms with van der Waals surface area (Å²) in [6.45, 7) is 1.80. The topological polar surface area (TPSA) is 49.4 Å². The third kappa shape index (κ3) is 2.81. The van der Waals surface area contributed by atoms with Gasteiger partial charge in [-0.15, -0.1) is 0 Å². The molecule has 0 aromatic heterocycles. The van der Waals surface area contributed by atoms with E-state index >= 15 is 0 Å². The third-order valence-corrected chi connectivity index (χ3v) is 4.53. The number of amides is 2. The van der Waals surface area contributed by atoms with Crippen molar-refractivity contribution in [3.05, 3.63) is 34.1 Å². The number of rotatable bonds is 3. The summed E-state index contributed by atoms with van der Waals surface area (Å²) in [5.74, 6) is -0.429. The molecule has 112 valence electrons. The maximum Gasteiger partial charge on any atom is 0.245 e. The summed E-state index contributed by atoms with van der Waals surface area (Å²) in [5.41, 5.74) is 0.430. The largest absolute Gasteiger partial charge is 0.343 e. The van der Waals surface area contributed by atoms with Crippen LogP contribution in [-0.4, -0.2) is 28.8 Å². The summed E-state index contributed by atoms with van der Waals surface area (Å²) in [4.78, 5) is 26.1. The van der Waals surface area contributed by atoms with Crippen LogP contribution in [0.5, 0.6) is 0 Å². The van der Waals surface area contributed by atoms with Crippen molar-refractivity contribution in [2.45, 2.75) is 38.4 Å². The Hall–Kier alpha value is -1.43. The lowest BCUT2D eigenvalue weighted by molar-refractivity contribution is -0.150. The SMILES string of the molecule is CC1NC(=O)C(C2CC2)N(Cc2ccc(Br)cc2F)C1=O. The first-order chi connectivity index (χ1) is 9.97. The van der Waals surface area contributed by atoms with Crippen LogP contribution in [0.25, 0.3) is 0 Å².